The maximum absolute atomic E-state index is 10.9. The number of nitro groups is 1. The lowest BCUT2D eigenvalue weighted by Gasteiger charge is -2.07. The van der Waals surface area contributed by atoms with Crippen molar-refractivity contribution in [2.75, 3.05) is 11.9 Å². The summed E-state index contributed by atoms with van der Waals surface area (Å²) in [7, 11) is 0. The van der Waals surface area contributed by atoms with Crippen molar-refractivity contribution in [3.8, 4) is 0 Å². The molecule has 0 spiro atoms. The number of carbonyl (C=O) groups is 1. The first-order valence-electron chi connectivity index (χ1n) is 6.21. The van der Waals surface area contributed by atoms with Crippen molar-refractivity contribution in [2.45, 2.75) is 32.6 Å². The lowest BCUT2D eigenvalue weighted by atomic mass is 10.1. The number of unbranched alkanes of at least 4 members (excludes halogenated alkanes) is 2. The van der Waals surface area contributed by atoms with Crippen LogP contribution in [0, 0.1) is 17.0 Å². The monoisotopic (exact) mass is 266 g/mol. The van der Waals surface area contributed by atoms with E-state index in [2.05, 4.69) is 5.32 Å². The number of carboxylic acid groups (broad SMARTS) is 1. The maximum Gasteiger partial charge on any atom is 0.303 e. The van der Waals surface area contributed by atoms with Gasteiger partial charge in [0.25, 0.3) is 5.69 Å². The summed E-state index contributed by atoms with van der Waals surface area (Å²) in [6.45, 7) is 2.41. The molecule has 0 aliphatic heterocycles. The molecule has 1 aromatic carbocycles. The number of rotatable bonds is 8. The second kappa shape index (κ2) is 7.35. The zero-order valence-corrected chi connectivity index (χ0v) is 10.9. The van der Waals surface area contributed by atoms with E-state index in [0.29, 0.717) is 18.7 Å². The summed E-state index contributed by atoms with van der Waals surface area (Å²) >= 11 is 0. The third kappa shape index (κ3) is 5.37. The van der Waals surface area contributed by atoms with Crippen molar-refractivity contribution in [3.63, 3.8) is 0 Å². The van der Waals surface area contributed by atoms with Gasteiger partial charge in [0.1, 0.15) is 5.69 Å². The molecule has 1 aromatic rings. The molecule has 0 heterocycles. The van der Waals surface area contributed by atoms with Crippen LogP contribution < -0.4 is 5.32 Å². The van der Waals surface area contributed by atoms with E-state index >= 15 is 0 Å². The molecule has 2 N–H and O–H groups in total. The van der Waals surface area contributed by atoms with Gasteiger partial charge < -0.3 is 10.4 Å². The summed E-state index contributed by atoms with van der Waals surface area (Å²) in [6.07, 6.45) is 2.38. The first-order valence-corrected chi connectivity index (χ1v) is 6.21. The van der Waals surface area contributed by atoms with E-state index in [1.807, 2.05) is 13.0 Å². The average Bonchev–Trinajstić information content (AvgIpc) is 2.34. The smallest absolute Gasteiger partial charge is 0.303 e. The minimum atomic E-state index is -0.790. The van der Waals surface area contributed by atoms with Gasteiger partial charge in [-0.15, -0.1) is 0 Å². The van der Waals surface area contributed by atoms with Crippen LogP contribution in [-0.2, 0) is 4.79 Å². The van der Waals surface area contributed by atoms with E-state index in [9.17, 15) is 14.9 Å². The molecular weight excluding hydrogens is 248 g/mol. The van der Waals surface area contributed by atoms with Gasteiger partial charge in [0, 0.05) is 19.0 Å². The van der Waals surface area contributed by atoms with Gasteiger partial charge in [-0.2, -0.15) is 0 Å². The Hall–Kier alpha value is -2.11. The second-order valence-corrected chi connectivity index (χ2v) is 4.41. The summed E-state index contributed by atoms with van der Waals surface area (Å²) < 4.78 is 0. The van der Waals surface area contributed by atoms with Crippen molar-refractivity contribution >= 4 is 17.3 Å². The van der Waals surface area contributed by atoms with E-state index in [1.54, 1.807) is 6.07 Å². The number of anilines is 1. The number of hydrogen-bond acceptors (Lipinski definition) is 4. The van der Waals surface area contributed by atoms with Crippen molar-refractivity contribution in [1.29, 1.82) is 0 Å². The lowest BCUT2D eigenvalue weighted by Crippen LogP contribution is -2.05. The highest BCUT2D eigenvalue weighted by atomic mass is 16.6. The predicted octanol–water partition coefficient (Wildman–Crippen LogP) is 2.96. The maximum atomic E-state index is 10.9. The Balaban J connectivity index is 2.41. The summed E-state index contributed by atoms with van der Waals surface area (Å²) in [5, 5.41) is 22.4. The van der Waals surface area contributed by atoms with Crippen molar-refractivity contribution in [2.24, 2.45) is 0 Å². The van der Waals surface area contributed by atoms with Gasteiger partial charge in [-0.25, -0.2) is 0 Å². The highest BCUT2D eigenvalue weighted by molar-refractivity contribution is 5.66. The molecule has 1 rings (SSSR count). The second-order valence-electron chi connectivity index (χ2n) is 4.41. The Morgan fingerprint density at radius 2 is 2.11 bits per heavy atom. The normalized spacial score (nSPS) is 10.2. The fraction of sp³-hybridized carbons (Fsp3) is 0.462. The zero-order valence-electron chi connectivity index (χ0n) is 10.9. The fourth-order valence-corrected chi connectivity index (χ4v) is 1.74. The molecule has 104 valence electrons. The quantitative estimate of drug-likeness (QED) is 0.428. The number of nitrogens with zero attached hydrogens (tertiary/aromatic N) is 1. The van der Waals surface area contributed by atoms with Crippen molar-refractivity contribution < 1.29 is 14.8 Å². The van der Waals surface area contributed by atoms with Crippen molar-refractivity contribution in [3.05, 3.63) is 33.9 Å². The molecular formula is C13H18N2O4. The third-order valence-electron chi connectivity index (χ3n) is 2.73. The van der Waals surface area contributed by atoms with Crippen LogP contribution in [0.4, 0.5) is 11.4 Å². The van der Waals surface area contributed by atoms with E-state index in [-0.39, 0.29) is 12.1 Å². The number of aliphatic carboxylic acids is 1. The summed E-state index contributed by atoms with van der Waals surface area (Å²) in [5.41, 5.74) is 1.43. The Kier molecular flexibility index (Phi) is 5.78. The molecule has 0 unspecified atom stereocenters. The Labute approximate surface area is 111 Å². The van der Waals surface area contributed by atoms with Crippen LogP contribution in [0.15, 0.2) is 18.2 Å². The number of hydrogen-bond donors (Lipinski definition) is 2. The number of nitrogens with one attached hydrogen (secondary N) is 1. The zero-order chi connectivity index (χ0) is 14.3. The van der Waals surface area contributed by atoms with Gasteiger partial charge in [0.15, 0.2) is 0 Å². The largest absolute Gasteiger partial charge is 0.481 e. The van der Waals surface area contributed by atoms with Crippen LogP contribution in [-0.4, -0.2) is 22.5 Å². The van der Waals surface area contributed by atoms with Gasteiger partial charge in [-0.05, 0) is 31.4 Å². The molecule has 6 heteroatoms. The molecule has 0 fully saturated rings. The number of carboxylic acids is 1. The first-order chi connectivity index (χ1) is 9.00. The lowest BCUT2D eigenvalue weighted by molar-refractivity contribution is -0.384. The van der Waals surface area contributed by atoms with E-state index in [1.165, 1.54) is 6.07 Å². The molecule has 0 aliphatic rings. The van der Waals surface area contributed by atoms with Crippen LogP contribution in [0.1, 0.15) is 31.2 Å². The van der Waals surface area contributed by atoms with Crippen LogP contribution in [0.25, 0.3) is 0 Å². The van der Waals surface area contributed by atoms with Crippen LogP contribution >= 0.6 is 0 Å². The van der Waals surface area contributed by atoms with Crippen molar-refractivity contribution in [1.82, 2.24) is 0 Å². The molecule has 0 saturated heterocycles. The van der Waals surface area contributed by atoms with E-state index in [4.69, 9.17) is 5.11 Å². The summed E-state index contributed by atoms with van der Waals surface area (Å²) in [5.74, 6) is -0.790. The molecule has 19 heavy (non-hydrogen) atoms. The van der Waals surface area contributed by atoms with Gasteiger partial charge in [-0.3, -0.25) is 14.9 Å². The minimum absolute atomic E-state index is 0.0746. The highest BCUT2D eigenvalue weighted by Gasteiger charge is 2.12. The number of aryl methyl sites for hydroxylation is 1. The SMILES string of the molecule is Cc1ccc(NCCCCCC(=O)O)c([N+](=O)[O-])c1. The standard InChI is InChI=1S/C13H18N2O4/c1-10-6-7-11(12(9-10)15(18)19)14-8-4-2-3-5-13(16)17/h6-7,9,14H,2-5,8H2,1H3,(H,16,17). The van der Waals surface area contributed by atoms with E-state index in [0.717, 1.165) is 18.4 Å². The van der Waals surface area contributed by atoms with E-state index < -0.39 is 10.9 Å². The molecule has 0 radical (unpaired) electrons. The van der Waals surface area contributed by atoms with Crippen LogP contribution in [0.3, 0.4) is 0 Å². The van der Waals surface area contributed by atoms with Gasteiger partial charge >= 0.3 is 5.97 Å². The topological polar surface area (TPSA) is 92.5 Å². The third-order valence-corrected chi connectivity index (χ3v) is 2.73. The molecule has 0 aromatic heterocycles. The molecule has 0 atom stereocenters. The van der Waals surface area contributed by atoms with Gasteiger partial charge in [0.05, 0.1) is 4.92 Å². The van der Waals surface area contributed by atoms with Crippen LogP contribution in [0.5, 0.6) is 0 Å². The molecule has 0 saturated carbocycles. The molecule has 0 aliphatic carbocycles. The molecule has 0 bridgehead atoms. The number of nitro benzene ring substituents is 1. The molecule has 0 amide bonds. The number of benzene rings is 1. The van der Waals surface area contributed by atoms with Gasteiger partial charge in [0.2, 0.25) is 0 Å². The molecule has 6 nitrogen and oxygen atoms in total. The summed E-state index contributed by atoms with van der Waals surface area (Å²) in [4.78, 5) is 20.8. The summed E-state index contributed by atoms with van der Waals surface area (Å²) in [6, 6.07) is 5.05. The Bertz CT molecular complexity index is 460. The Morgan fingerprint density at radius 1 is 1.37 bits per heavy atom. The average molecular weight is 266 g/mol. The highest BCUT2D eigenvalue weighted by Crippen LogP contribution is 2.25. The predicted molar refractivity (Wildman–Crippen MR) is 72.4 cm³/mol. The Morgan fingerprint density at radius 3 is 2.74 bits per heavy atom. The van der Waals surface area contributed by atoms with Crippen LogP contribution in [0.2, 0.25) is 0 Å². The minimum Gasteiger partial charge on any atom is -0.481 e. The van der Waals surface area contributed by atoms with Gasteiger partial charge in [-0.1, -0.05) is 12.5 Å². The fourth-order valence-electron chi connectivity index (χ4n) is 1.74. The first kappa shape index (κ1) is 14.9.